The van der Waals surface area contributed by atoms with Crippen molar-refractivity contribution in [3.63, 3.8) is 0 Å². The van der Waals surface area contributed by atoms with E-state index in [4.69, 9.17) is 0 Å². The van der Waals surface area contributed by atoms with Crippen molar-refractivity contribution < 1.29 is 4.79 Å². The molecule has 0 aromatic heterocycles. The van der Waals surface area contributed by atoms with Gasteiger partial charge in [-0.05, 0) is 5.92 Å². The van der Waals surface area contributed by atoms with E-state index in [0.29, 0.717) is 12.0 Å². The largest absolute Gasteiger partial charge is 0.337 e. The lowest BCUT2D eigenvalue weighted by Gasteiger charge is -2.38. The molecule has 0 aromatic carbocycles. The van der Waals surface area contributed by atoms with Gasteiger partial charge in [-0.2, -0.15) is 0 Å². The minimum Gasteiger partial charge on any atom is -0.337 e. The van der Waals surface area contributed by atoms with Gasteiger partial charge in [-0.15, -0.1) is 0 Å². The second-order valence-corrected chi connectivity index (χ2v) is 3.73. The van der Waals surface area contributed by atoms with Crippen molar-refractivity contribution >= 4 is 5.91 Å². The molecule has 0 unspecified atom stereocenters. The zero-order valence-electron chi connectivity index (χ0n) is 8.13. The fourth-order valence-electron chi connectivity index (χ4n) is 1.71. The quantitative estimate of drug-likeness (QED) is 0.620. The van der Waals surface area contributed by atoms with Gasteiger partial charge in [-0.1, -0.05) is 13.8 Å². The van der Waals surface area contributed by atoms with Gasteiger partial charge in [0.25, 0.3) is 0 Å². The van der Waals surface area contributed by atoms with Gasteiger partial charge < -0.3 is 10.2 Å². The van der Waals surface area contributed by atoms with Crippen LogP contribution < -0.4 is 5.32 Å². The number of rotatable bonds is 1. The Hall–Kier alpha value is -0.570. The molecule has 0 saturated carbocycles. The Labute approximate surface area is 74.1 Å². The third kappa shape index (κ3) is 1.97. The van der Waals surface area contributed by atoms with Crippen LogP contribution in [-0.2, 0) is 4.79 Å². The SMILES string of the molecule is CC(=O)N1CCNC[C@@H]1C(C)C. The summed E-state index contributed by atoms with van der Waals surface area (Å²) >= 11 is 0. The highest BCUT2D eigenvalue weighted by atomic mass is 16.2. The molecule has 3 nitrogen and oxygen atoms in total. The maximum atomic E-state index is 11.2. The number of nitrogens with zero attached hydrogens (tertiary/aromatic N) is 1. The van der Waals surface area contributed by atoms with Crippen molar-refractivity contribution in [2.24, 2.45) is 5.92 Å². The molecule has 1 heterocycles. The Balaban J connectivity index is 2.60. The van der Waals surface area contributed by atoms with Crippen LogP contribution in [0.1, 0.15) is 20.8 Å². The van der Waals surface area contributed by atoms with Crippen LogP contribution in [-0.4, -0.2) is 36.5 Å². The van der Waals surface area contributed by atoms with E-state index in [1.165, 1.54) is 0 Å². The molecule has 0 aliphatic carbocycles. The predicted octanol–water partition coefficient (Wildman–Crippen LogP) is 0.463. The summed E-state index contributed by atoms with van der Waals surface area (Å²) in [5.74, 6) is 0.747. The third-order valence-corrected chi connectivity index (χ3v) is 2.46. The number of hydrogen-bond donors (Lipinski definition) is 1. The zero-order chi connectivity index (χ0) is 9.14. The van der Waals surface area contributed by atoms with Crippen LogP contribution in [0.2, 0.25) is 0 Å². The molecule has 0 bridgehead atoms. The molecule has 0 radical (unpaired) electrons. The number of amides is 1. The van der Waals surface area contributed by atoms with Crippen LogP contribution >= 0.6 is 0 Å². The van der Waals surface area contributed by atoms with Crippen LogP contribution in [0.3, 0.4) is 0 Å². The summed E-state index contributed by atoms with van der Waals surface area (Å²) in [6.07, 6.45) is 0. The normalized spacial score (nSPS) is 24.7. The van der Waals surface area contributed by atoms with Gasteiger partial charge in [0.05, 0.1) is 0 Å². The van der Waals surface area contributed by atoms with E-state index in [1.807, 2.05) is 4.90 Å². The van der Waals surface area contributed by atoms with Crippen molar-refractivity contribution in [2.45, 2.75) is 26.8 Å². The Morgan fingerprint density at radius 2 is 2.25 bits per heavy atom. The highest BCUT2D eigenvalue weighted by molar-refractivity contribution is 5.73. The highest BCUT2D eigenvalue weighted by Crippen LogP contribution is 2.12. The summed E-state index contributed by atoms with van der Waals surface area (Å²) < 4.78 is 0. The molecule has 3 heteroatoms. The van der Waals surface area contributed by atoms with Gasteiger partial charge >= 0.3 is 0 Å². The van der Waals surface area contributed by atoms with E-state index in [2.05, 4.69) is 19.2 Å². The second-order valence-electron chi connectivity index (χ2n) is 3.73. The molecule has 1 N–H and O–H groups in total. The van der Waals surface area contributed by atoms with Gasteiger partial charge in [0.1, 0.15) is 0 Å². The topological polar surface area (TPSA) is 32.3 Å². The van der Waals surface area contributed by atoms with E-state index in [-0.39, 0.29) is 5.91 Å². The Morgan fingerprint density at radius 3 is 2.67 bits per heavy atom. The van der Waals surface area contributed by atoms with Crippen molar-refractivity contribution in [2.75, 3.05) is 19.6 Å². The molecular weight excluding hydrogens is 152 g/mol. The first kappa shape index (κ1) is 9.52. The van der Waals surface area contributed by atoms with Crippen molar-refractivity contribution in [1.82, 2.24) is 10.2 Å². The summed E-state index contributed by atoms with van der Waals surface area (Å²) in [4.78, 5) is 13.2. The maximum Gasteiger partial charge on any atom is 0.219 e. The molecule has 1 amide bonds. The van der Waals surface area contributed by atoms with Gasteiger partial charge in [-0.3, -0.25) is 4.79 Å². The number of hydrogen-bond acceptors (Lipinski definition) is 2. The van der Waals surface area contributed by atoms with E-state index < -0.39 is 0 Å². The molecule has 1 aliphatic rings. The fourth-order valence-corrected chi connectivity index (χ4v) is 1.71. The molecule has 70 valence electrons. The second kappa shape index (κ2) is 3.90. The lowest BCUT2D eigenvalue weighted by Crippen LogP contribution is -2.55. The molecule has 1 saturated heterocycles. The predicted molar refractivity (Wildman–Crippen MR) is 48.9 cm³/mol. The molecule has 1 atom stereocenters. The summed E-state index contributed by atoms with van der Waals surface area (Å²) in [5, 5.41) is 3.31. The minimum absolute atomic E-state index is 0.204. The van der Waals surface area contributed by atoms with Gasteiger partial charge in [-0.25, -0.2) is 0 Å². The first-order valence-corrected chi connectivity index (χ1v) is 4.61. The monoisotopic (exact) mass is 170 g/mol. The van der Waals surface area contributed by atoms with Crippen molar-refractivity contribution in [3.8, 4) is 0 Å². The Morgan fingerprint density at radius 1 is 1.58 bits per heavy atom. The van der Waals surface area contributed by atoms with Crippen LogP contribution in [0.4, 0.5) is 0 Å². The standard InChI is InChI=1S/C9H18N2O/c1-7(2)9-6-10-4-5-11(9)8(3)12/h7,9-10H,4-6H2,1-3H3/t9-/m1/s1. The smallest absolute Gasteiger partial charge is 0.219 e. The molecule has 1 rings (SSSR count). The molecule has 12 heavy (non-hydrogen) atoms. The first-order valence-electron chi connectivity index (χ1n) is 4.61. The van der Waals surface area contributed by atoms with Gasteiger partial charge in [0, 0.05) is 32.6 Å². The minimum atomic E-state index is 0.204. The first-order chi connectivity index (χ1) is 5.63. The van der Waals surface area contributed by atoms with E-state index in [1.54, 1.807) is 6.92 Å². The average molecular weight is 170 g/mol. The Bertz CT molecular complexity index is 168. The Kier molecular flexibility index (Phi) is 3.09. The van der Waals surface area contributed by atoms with E-state index in [9.17, 15) is 4.79 Å². The summed E-state index contributed by atoms with van der Waals surface area (Å²) in [6.45, 7) is 8.71. The van der Waals surface area contributed by atoms with Crippen molar-refractivity contribution in [1.29, 1.82) is 0 Å². The molecule has 1 fully saturated rings. The number of carbonyl (C=O) groups is 1. The molecule has 0 spiro atoms. The third-order valence-electron chi connectivity index (χ3n) is 2.46. The average Bonchev–Trinajstić information content (AvgIpc) is 2.04. The van der Waals surface area contributed by atoms with Crippen molar-refractivity contribution in [3.05, 3.63) is 0 Å². The lowest BCUT2D eigenvalue weighted by molar-refractivity contribution is -0.132. The molecular formula is C9H18N2O. The van der Waals surface area contributed by atoms with Gasteiger partial charge in [0.2, 0.25) is 5.91 Å². The maximum absolute atomic E-state index is 11.2. The number of carbonyl (C=O) groups excluding carboxylic acids is 1. The van der Waals surface area contributed by atoms with Crippen LogP contribution in [0.5, 0.6) is 0 Å². The number of piperazine rings is 1. The molecule has 0 aromatic rings. The van der Waals surface area contributed by atoms with E-state index >= 15 is 0 Å². The zero-order valence-corrected chi connectivity index (χ0v) is 8.13. The highest BCUT2D eigenvalue weighted by Gasteiger charge is 2.26. The van der Waals surface area contributed by atoms with E-state index in [0.717, 1.165) is 19.6 Å². The summed E-state index contributed by atoms with van der Waals surface area (Å²) in [6, 6.07) is 0.385. The van der Waals surface area contributed by atoms with Crippen LogP contribution in [0.15, 0.2) is 0 Å². The van der Waals surface area contributed by atoms with Crippen LogP contribution in [0, 0.1) is 5.92 Å². The summed E-state index contributed by atoms with van der Waals surface area (Å²) in [5.41, 5.74) is 0. The number of nitrogens with one attached hydrogen (secondary N) is 1. The fraction of sp³-hybridized carbons (Fsp3) is 0.889. The molecule has 1 aliphatic heterocycles. The van der Waals surface area contributed by atoms with Gasteiger partial charge in [0.15, 0.2) is 0 Å². The summed E-state index contributed by atoms with van der Waals surface area (Å²) in [7, 11) is 0. The van der Waals surface area contributed by atoms with Crippen LogP contribution in [0.25, 0.3) is 0 Å². The lowest BCUT2D eigenvalue weighted by atomic mass is 10.0.